The molecule has 15 nitrogen and oxygen atoms in total. The minimum atomic E-state index is -1.53. The number of carbonyl (C=O) groups excluding carboxylic acids is 6. The maximum atomic E-state index is 13.8. The summed E-state index contributed by atoms with van der Waals surface area (Å²) in [4.78, 5) is 90.1. The van der Waals surface area contributed by atoms with Crippen molar-refractivity contribution in [1.29, 1.82) is 0 Å². The Hall–Kier alpha value is -5.90. The number of fused-ring (bicyclic) bond motifs is 1. The lowest BCUT2D eigenvalue weighted by molar-refractivity contribution is -0.163. The van der Waals surface area contributed by atoms with E-state index in [0.717, 1.165) is 13.8 Å². The number of rotatable bonds is 10. The molecule has 3 aromatic carbocycles. The fourth-order valence-corrected chi connectivity index (χ4v) is 7.09. The van der Waals surface area contributed by atoms with E-state index in [4.69, 9.17) is 14.2 Å². The van der Waals surface area contributed by atoms with Crippen molar-refractivity contribution in [3.63, 3.8) is 0 Å². The average Bonchev–Trinajstić information content (AvgIpc) is 3.29. The number of ether oxygens (including phenoxy) is 3. The molecule has 4 atom stereocenters. The van der Waals surface area contributed by atoms with E-state index in [9.17, 15) is 38.7 Å². The third-order valence-corrected chi connectivity index (χ3v) is 9.23. The lowest BCUT2D eigenvalue weighted by Crippen LogP contribution is -2.70. The molecule has 260 valence electrons. The van der Waals surface area contributed by atoms with Crippen molar-refractivity contribution in [1.82, 2.24) is 15.5 Å². The van der Waals surface area contributed by atoms with Crippen molar-refractivity contribution < 1.29 is 52.9 Å². The highest BCUT2D eigenvalue weighted by molar-refractivity contribution is 8.01. The van der Waals surface area contributed by atoms with Gasteiger partial charge in [-0.1, -0.05) is 48.5 Å². The maximum absolute atomic E-state index is 13.8. The molecule has 2 fully saturated rings. The first-order valence-electron chi connectivity index (χ1n) is 15.1. The van der Waals surface area contributed by atoms with E-state index in [1.54, 1.807) is 56.3 Å². The van der Waals surface area contributed by atoms with Crippen molar-refractivity contribution in [3.8, 4) is 11.5 Å². The quantitative estimate of drug-likeness (QED) is 0.136. The second-order valence-electron chi connectivity index (χ2n) is 11.7. The van der Waals surface area contributed by atoms with Gasteiger partial charge in [0.05, 0.1) is 21.6 Å². The predicted octanol–water partition coefficient (Wildman–Crippen LogP) is 3.46. The monoisotopic (exact) mass is 704 g/mol. The van der Waals surface area contributed by atoms with E-state index in [2.05, 4.69) is 16.0 Å². The molecule has 0 saturated carbocycles. The van der Waals surface area contributed by atoms with Crippen molar-refractivity contribution in [3.05, 3.63) is 89.5 Å². The lowest BCUT2D eigenvalue weighted by Gasteiger charge is -2.44. The number of thioether (sulfide) groups is 1. The highest BCUT2D eigenvalue weighted by Gasteiger charge is 2.63. The van der Waals surface area contributed by atoms with Gasteiger partial charge in [-0.3, -0.25) is 33.7 Å². The van der Waals surface area contributed by atoms with Crippen LogP contribution in [0.5, 0.6) is 11.5 Å². The molecule has 4 amide bonds. The molecular formula is C34H32N4O11S. The predicted molar refractivity (Wildman–Crippen MR) is 177 cm³/mol. The Kier molecular flexibility index (Phi) is 10.1. The van der Waals surface area contributed by atoms with Gasteiger partial charge in [0, 0.05) is 13.8 Å². The van der Waals surface area contributed by atoms with Crippen LogP contribution in [0, 0.1) is 0 Å². The fraction of sp³-hybridized carbons (Fsp3) is 0.265. The first-order valence-corrected chi connectivity index (χ1v) is 16.0. The summed E-state index contributed by atoms with van der Waals surface area (Å²) in [5.41, 5.74) is 0.224. The van der Waals surface area contributed by atoms with Crippen LogP contribution in [0.3, 0.4) is 0 Å². The smallest absolute Gasteiger partial charge is 0.450 e. The van der Waals surface area contributed by atoms with Gasteiger partial charge < -0.3 is 35.3 Å². The summed E-state index contributed by atoms with van der Waals surface area (Å²) in [6, 6.07) is 16.0. The standard InChI is InChI=1S/C34H32N4O11S/c1-17(39)47-23-16-10-14-21(26(23)48-18(2)40)28(42)35-22-15-9-8-13-20(22)27(41)36-24(19-11-6-5-7-12-19)29(43)37-25-30(44)38-31(25)50-34(3,4)32(38)49-33(45)46/h5-16,24-25,31-32H,1-4H3,(H,35,42)(H,36,41)(H,37,43)(H,45,46). The first kappa shape index (κ1) is 35.4. The largest absolute Gasteiger partial charge is 0.507 e. The zero-order chi connectivity index (χ0) is 36.3. The molecule has 16 heteroatoms. The Morgan fingerprint density at radius 1 is 0.840 bits per heavy atom. The van der Waals surface area contributed by atoms with Gasteiger partial charge in [-0.15, -0.1) is 11.8 Å². The summed E-state index contributed by atoms with van der Waals surface area (Å²) in [7, 11) is 0. The minimum Gasteiger partial charge on any atom is -0.450 e. The number of para-hydroxylation sites is 2. The Morgan fingerprint density at radius 2 is 1.48 bits per heavy atom. The second-order valence-corrected chi connectivity index (χ2v) is 13.5. The number of hydrogen-bond donors (Lipinski definition) is 4. The van der Waals surface area contributed by atoms with Crippen LogP contribution < -0.4 is 25.4 Å². The van der Waals surface area contributed by atoms with Crippen LogP contribution >= 0.6 is 11.8 Å². The summed E-state index contributed by atoms with van der Waals surface area (Å²) in [6.45, 7) is 5.71. The molecule has 0 aromatic heterocycles. The summed E-state index contributed by atoms with van der Waals surface area (Å²) in [5, 5.41) is 16.6. The Bertz CT molecular complexity index is 1880. The van der Waals surface area contributed by atoms with Crippen molar-refractivity contribution in [2.24, 2.45) is 0 Å². The number of carbonyl (C=O) groups is 7. The molecule has 0 aliphatic carbocycles. The zero-order valence-electron chi connectivity index (χ0n) is 27.1. The third kappa shape index (κ3) is 7.39. The van der Waals surface area contributed by atoms with Gasteiger partial charge in [0.1, 0.15) is 17.5 Å². The minimum absolute atomic E-state index is 0.0348. The van der Waals surface area contributed by atoms with Crippen molar-refractivity contribution in [2.75, 3.05) is 5.32 Å². The highest BCUT2D eigenvalue weighted by atomic mass is 32.2. The van der Waals surface area contributed by atoms with Crippen LogP contribution in [0.15, 0.2) is 72.8 Å². The molecule has 4 unspecified atom stereocenters. The van der Waals surface area contributed by atoms with E-state index in [1.165, 1.54) is 47.0 Å². The summed E-state index contributed by atoms with van der Waals surface area (Å²) < 4.78 is 14.5. The Labute approximate surface area is 289 Å². The fourth-order valence-electron chi connectivity index (χ4n) is 5.54. The molecule has 4 N–H and O–H groups in total. The van der Waals surface area contributed by atoms with E-state index in [-0.39, 0.29) is 28.3 Å². The van der Waals surface area contributed by atoms with E-state index < -0.39 is 70.2 Å². The van der Waals surface area contributed by atoms with Gasteiger partial charge >= 0.3 is 18.1 Å². The number of hydrogen-bond acceptors (Lipinski definition) is 11. The number of benzene rings is 3. The summed E-state index contributed by atoms with van der Waals surface area (Å²) in [5.74, 6) is -4.76. The van der Waals surface area contributed by atoms with Crippen LogP contribution in [-0.4, -0.2) is 74.1 Å². The Morgan fingerprint density at radius 3 is 2.14 bits per heavy atom. The van der Waals surface area contributed by atoms with Crippen LogP contribution in [0.2, 0.25) is 0 Å². The van der Waals surface area contributed by atoms with Gasteiger partial charge in [0.15, 0.2) is 17.7 Å². The van der Waals surface area contributed by atoms with Gasteiger partial charge in [0.2, 0.25) is 5.91 Å². The van der Waals surface area contributed by atoms with Gasteiger partial charge in [-0.2, -0.15) is 0 Å². The number of β-lactam (4-membered cyclic amide) rings is 1. The number of esters is 2. The third-order valence-electron chi connectivity index (χ3n) is 7.68. The van der Waals surface area contributed by atoms with Crippen LogP contribution in [0.1, 0.15) is 60.0 Å². The van der Waals surface area contributed by atoms with Gasteiger partial charge in [-0.25, -0.2) is 4.79 Å². The van der Waals surface area contributed by atoms with E-state index >= 15 is 0 Å². The first-order chi connectivity index (χ1) is 23.7. The second kappa shape index (κ2) is 14.3. The van der Waals surface area contributed by atoms with Crippen LogP contribution in [0.4, 0.5) is 10.5 Å². The number of nitrogens with zero attached hydrogens (tertiary/aromatic N) is 1. The molecule has 0 radical (unpaired) electrons. The molecule has 3 aromatic rings. The number of nitrogens with one attached hydrogen (secondary N) is 3. The molecule has 2 saturated heterocycles. The summed E-state index contributed by atoms with van der Waals surface area (Å²) in [6.07, 6.45) is -2.59. The van der Waals surface area contributed by atoms with Crippen LogP contribution in [-0.2, 0) is 23.9 Å². The normalized spacial score (nSPS) is 19.2. The zero-order valence-corrected chi connectivity index (χ0v) is 27.9. The molecule has 5 rings (SSSR count). The van der Waals surface area contributed by atoms with Gasteiger partial charge in [0.25, 0.3) is 17.7 Å². The SMILES string of the molecule is CC(=O)Oc1cccc(C(=O)Nc2ccccc2C(=O)NC(C(=O)NC2C(=O)N3C2SC(C)(C)C3OC(=O)O)c2ccccc2)c1OC(C)=O. The lowest BCUT2D eigenvalue weighted by atomic mass is 10.0. The van der Waals surface area contributed by atoms with Crippen LogP contribution in [0.25, 0.3) is 0 Å². The Balaban J connectivity index is 1.37. The summed E-state index contributed by atoms with van der Waals surface area (Å²) >= 11 is 1.28. The molecule has 2 aliphatic rings. The van der Waals surface area contributed by atoms with Crippen molar-refractivity contribution >= 4 is 59.2 Å². The van der Waals surface area contributed by atoms with Crippen molar-refractivity contribution in [2.45, 2.75) is 56.1 Å². The number of anilines is 1. The van der Waals surface area contributed by atoms with E-state index in [0.29, 0.717) is 5.56 Å². The topological polar surface area (TPSA) is 207 Å². The molecule has 0 bridgehead atoms. The molecular weight excluding hydrogens is 672 g/mol. The average molecular weight is 705 g/mol. The number of amides is 4. The molecule has 50 heavy (non-hydrogen) atoms. The van der Waals surface area contributed by atoms with E-state index in [1.807, 2.05) is 0 Å². The highest BCUT2D eigenvalue weighted by Crippen LogP contribution is 2.51. The maximum Gasteiger partial charge on any atom is 0.507 e. The molecule has 0 spiro atoms. The molecule has 2 aliphatic heterocycles. The van der Waals surface area contributed by atoms with Gasteiger partial charge in [-0.05, 0) is 43.7 Å². The molecule has 2 heterocycles. The number of carboxylic acid groups (broad SMARTS) is 1.